The highest BCUT2D eigenvalue weighted by molar-refractivity contribution is 7.99. The molecular weight excluding hydrogens is 382 g/mol. The van der Waals surface area contributed by atoms with Crippen LogP contribution in [0.1, 0.15) is 37.6 Å². The van der Waals surface area contributed by atoms with Crippen molar-refractivity contribution in [2.45, 2.75) is 38.1 Å². The summed E-state index contributed by atoms with van der Waals surface area (Å²) in [5, 5.41) is 3.48. The molecule has 2 heterocycles. The number of amides is 2. The maximum Gasteiger partial charge on any atom is 0.243 e. The number of rotatable bonds is 6. The van der Waals surface area contributed by atoms with E-state index in [2.05, 4.69) is 5.32 Å². The second-order valence-corrected chi connectivity index (χ2v) is 9.14. The summed E-state index contributed by atoms with van der Waals surface area (Å²) in [6, 6.07) is 7.13. The lowest BCUT2D eigenvalue weighted by molar-refractivity contribution is -0.886. The normalized spacial score (nSPS) is 23.2. The summed E-state index contributed by atoms with van der Waals surface area (Å²) in [7, 11) is 0. The highest BCUT2D eigenvalue weighted by atomic mass is 35.5. The molecule has 2 atom stereocenters. The van der Waals surface area contributed by atoms with E-state index in [1.165, 1.54) is 25.9 Å². The predicted octanol–water partition coefficient (Wildman–Crippen LogP) is 1.73. The van der Waals surface area contributed by atoms with E-state index in [1.54, 1.807) is 21.6 Å². The lowest BCUT2D eigenvalue weighted by Crippen LogP contribution is -3.10. The Morgan fingerprint density at radius 2 is 2.00 bits per heavy atom. The third kappa shape index (κ3) is 4.79. The van der Waals surface area contributed by atoms with Crippen LogP contribution in [0.5, 0.6) is 0 Å². The zero-order chi connectivity index (χ0) is 19.4. The van der Waals surface area contributed by atoms with Crippen molar-refractivity contribution in [1.82, 2.24) is 10.2 Å². The van der Waals surface area contributed by atoms with Crippen LogP contribution in [0.3, 0.4) is 0 Å². The molecule has 0 unspecified atom stereocenters. The Balaban J connectivity index is 1.70. The third-order valence-corrected chi connectivity index (χ3v) is 6.96. The monoisotopic (exact) mass is 410 g/mol. The molecule has 0 radical (unpaired) electrons. The molecule has 0 aromatic heterocycles. The maximum absolute atomic E-state index is 12.9. The highest BCUT2D eigenvalue weighted by Gasteiger charge is 2.43. The first-order valence-corrected chi connectivity index (χ1v) is 11.2. The quantitative estimate of drug-likeness (QED) is 0.751. The largest absolute Gasteiger partial charge is 0.349 e. The van der Waals surface area contributed by atoms with Crippen molar-refractivity contribution in [1.29, 1.82) is 0 Å². The van der Waals surface area contributed by atoms with Crippen molar-refractivity contribution in [3.63, 3.8) is 0 Å². The van der Waals surface area contributed by atoms with E-state index in [0.29, 0.717) is 17.3 Å². The van der Waals surface area contributed by atoms with Crippen LogP contribution in [-0.2, 0) is 9.59 Å². The summed E-state index contributed by atoms with van der Waals surface area (Å²) < 4.78 is 0. The molecule has 1 aromatic rings. The van der Waals surface area contributed by atoms with Crippen LogP contribution in [0.15, 0.2) is 24.3 Å². The van der Waals surface area contributed by atoms with Gasteiger partial charge in [-0.1, -0.05) is 43.6 Å². The van der Waals surface area contributed by atoms with Crippen LogP contribution in [0.2, 0.25) is 5.02 Å². The molecule has 3 rings (SSSR count). The maximum atomic E-state index is 12.9. The number of carbonyl (C=O) groups is 2. The number of nitrogens with one attached hydrogen (secondary N) is 2. The second-order valence-electron chi connectivity index (χ2n) is 7.62. The van der Waals surface area contributed by atoms with E-state index in [4.69, 9.17) is 11.6 Å². The molecule has 2 saturated heterocycles. The first-order valence-electron chi connectivity index (χ1n) is 9.78. The lowest BCUT2D eigenvalue weighted by atomic mass is 10.1. The fourth-order valence-corrected chi connectivity index (χ4v) is 5.57. The van der Waals surface area contributed by atoms with E-state index in [-0.39, 0.29) is 23.1 Å². The van der Waals surface area contributed by atoms with E-state index in [9.17, 15) is 9.59 Å². The Morgan fingerprint density at radius 1 is 1.30 bits per heavy atom. The average molecular weight is 411 g/mol. The average Bonchev–Trinajstić information content (AvgIpc) is 3.31. The predicted molar refractivity (Wildman–Crippen MR) is 110 cm³/mol. The molecule has 2 N–H and O–H groups in total. The summed E-state index contributed by atoms with van der Waals surface area (Å²) in [6.07, 6.45) is 2.55. The molecule has 148 valence electrons. The number of hydrogen-bond acceptors (Lipinski definition) is 3. The van der Waals surface area contributed by atoms with Crippen LogP contribution >= 0.6 is 23.4 Å². The molecule has 2 aliphatic rings. The first-order chi connectivity index (χ1) is 13.0. The summed E-state index contributed by atoms with van der Waals surface area (Å²) in [5.74, 6) is 0.370. The van der Waals surface area contributed by atoms with Gasteiger partial charge >= 0.3 is 0 Å². The van der Waals surface area contributed by atoms with Gasteiger partial charge in [-0.3, -0.25) is 9.59 Å². The first kappa shape index (κ1) is 20.5. The van der Waals surface area contributed by atoms with Gasteiger partial charge in [0.15, 0.2) is 0 Å². The van der Waals surface area contributed by atoms with Crippen LogP contribution in [-0.4, -0.2) is 54.7 Å². The van der Waals surface area contributed by atoms with Crippen LogP contribution in [0.4, 0.5) is 0 Å². The molecule has 2 aliphatic heterocycles. The Bertz CT molecular complexity index is 679. The van der Waals surface area contributed by atoms with Gasteiger partial charge in [0.1, 0.15) is 11.4 Å². The smallest absolute Gasteiger partial charge is 0.243 e. The van der Waals surface area contributed by atoms with Crippen molar-refractivity contribution in [2.75, 3.05) is 31.9 Å². The van der Waals surface area contributed by atoms with Crippen molar-refractivity contribution in [3.05, 3.63) is 34.9 Å². The van der Waals surface area contributed by atoms with Crippen molar-refractivity contribution < 1.29 is 14.5 Å². The summed E-state index contributed by atoms with van der Waals surface area (Å²) in [5.41, 5.74) is 0.898. The van der Waals surface area contributed by atoms with Gasteiger partial charge in [-0.25, -0.2) is 0 Å². The molecule has 2 fully saturated rings. The number of halogens is 1. The Kier molecular flexibility index (Phi) is 7.06. The summed E-state index contributed by atoms with van der Waals surface area (Å²) in [4.78, 5) is 29.1. The Hall–Kier alpha value is -1.24. The molecule has 7 heteroatoms. The highest BCUT2D eigenvalue weighted by Crippen LogP contribution is 2.44. The minimum atomic E-state index is -0.445. The van der Waals surface area contributed by atoms with Gasteiger partial charge in [-0.2, -0.15) is 0 Å². The summed E-state index contributed by atoms with van der Waals surface area (Å²) >= 11 is 8.00. The lowest BCUT2D eigenvalue weighted by Gasteiger charge is -2.31. The van der Waals surface area contributed by atoms with E-state index in [0.717, 1.165) is 12.1 Å². The number of carbonyl (C=O) groups excluding carboxylic acids is 2. The minimum absolute atomic E-state index is 0.00441. The zero-order valence-electron chi connectivity index (χ0n) is 16.0. The topological polar surface area (TPSA) is 53.9 Å². The van der Waals surface area contributed by atoms with Gasteiger partial charge < -0.3 is 15.1 Å². The second kappa shape index (κ2) is 9.30. The standard InChI is InChI=1S/C20H28ClN3O2S/c1-14(2)19(26)24-17(18(25)22-9-12-23-10-5-6-11-23)13-27-20(24)15-7-3-4-8-16(15)21/h3-4,7-8,14,17,20H,5-6,9-13H2,1-2H3,(H,22,25)/p+1/t17-,20-/m1/s1. The molecule has 0 spiro atoms. The number of thioether (sulfide) groups is 1. The SMILES string of the molecule is CC(C)C(=O)N1[C@@H](C(=O)NCC[NH+]2CCCC2)CS[C@@H]1c1ccccc1Cl. The number of quaternary nitrogens is 1. The van der Waals surface area contributed by atoms with Crippen LogP contribution < -0.4 is 10.2 Å². The molecule has 0 bridgehead atoms. The number of nitrogens with zero attached hydrogens (tertiary/aromatic N) is 1. The van der Waals surface area contributed by atoms with Crippen LogP contribution in [0.25, 0.3) is 0 Å². The van der Waals surface area contributed by atoms with Crippen molar-refractivity contribution >= 4 is 35.2 Å². The van der Waals surface area contributed by atoms with Crippen LogP contribution in [0, 0.1) is 5.92 Å². The fraction of sp³-hybridized carbons (Fsp3) is 0.600. The number of hydrogen-bond donors (Lipinski definition) is 2. The molecule has 1 aromatic carbocycles. The van der Waals surface area contributed by atoms with E-state index in [1.807, 2.05) is 38.1 Å². The Morgan fingerprint density at radius 3 is 2.67 bits per heavy atom. The van der Waals surface area contributed by atoms with Gasteiger partial charge in [0.25, 0.3) is 0 Å². The molecule has 2 amide bonds. The summed E-state index contributed by atoms with van der Waals surface area (Å²) in [6.45, 7) is 7.76. The van der Waals surface area contributed by atoms with E-state index >= 15 is 0 Å². The molecule has 0 aliphatic carbocycles. The van der Waals surface area contributed by atoms with E-state index < -0.39 is 6.04 Å². The minimum Gasteiger partial charge on any atom is -0.349 e. The Labute approximate surface area is 170 Å². The van der Waals surface area contributed by atoms with Gasteiger partial charge in [-0.15, -0.1) is 11.8 Å². The number of likely N-dealkylation sites (tertiary alicyclic amines) is 1. The van der Waals surface area contributed by atoms with Crippen molar-refractivity contribution in [3.8, 4) is 0 Å². The van der Waals surface area contributed by atoms with Crippen molar-refractivity contribution in [2.24, 2.45) is 5.92 Å². The van der Waals surface area contributed by atoms with Gasteiger partial charge in [0.05, 0.1) is 26.2 Å². The number of benzene rings is 1. The molecule has 5 nitrogen and oxygen atoms in total. The van der Waals surface area contributed by atoms with Gasteiger partial charge in [-0.05, 0) is 6.07 Å². The zero-order valence-corrected chi connectivity index (χ0v) is 17.6. The molecular formula is C20H29ClN3O2S+. The fourth-order valence-electron chi connectivity index (χ4n) is 3.80. The van der Waals surface area contributed by atoms with Gasteiger partial charge in [0, 0.05) is 35.1 Å². The molecule has 27 heavy (non-hydrogen) atoms. The third-order valence-electron chi connectivity index (χ3n) is 5.31. The van der Waals surface area contributed by atoms with Gasteiger partial charge in [0.2, 0.25) is 11.8 Å². The molecule has 0 saturated carbocycles.